The molecule has 5 heteroatoms. The maximum atomic E-state index is 10.8. The quantitative estimate of drug-likeness (QED) is 0.549. The van der Waals surface area contributed by atoms with E-state index in [-0.39, 0.29) is 18.1 Å². The predicted octanol–water partition coefficient (Wildman–Crippen LogP) is 2.74. The number of cyclic esters (lactones) is 2. The van der Waals surface area contributed by atoms with Crippen LogP contribution >= 0.6 is 23.2 Å². The van der Waals surface area contributed by atoms with Crippen LogP contribution in [-0.2, 0) is 9.47 Å². The highest BCUT2D eigenvalue weighted by atomic mass is 35.5. The smallest absolute Gasteiger partial charge is 0.427 e. The fourth-order valence-electron chi connectivity index (χ4n) is 1.33. The van der Waals surface area contributed by atoms with Crippen molar-refractivity contribution in [1.29, 1.82) is 0 Å². The Bertz CT molecular complexity index is 194. The second-order valence-electron chi connectivity index (χ2n) is 3.36. The monoisotopic (exact) mass is 226 g/mol. The number of halogens is 2. The van der Waals surface area contributed by atoms with Crippen molar-refractivity contribution in [1.82, 2.24) is 0 Å². The highest BCUT2D eigenvalue weighted by molar-refractivity contribution is 6.44. The molecule has 0 aromatic heterocycles. The van der Waals surface area contributed by atoms with Crippen molar-refractivity contribution in [2.75, 3.05) is 0 Å². The van der Waals surface area contributed by atoms with Crippen LogP contribution in [-0.4, -0.2) is 23.2 Å². The number of alkyl halides is 2. The molecule has 0 spiro atoms. The Morgan fingerprint density at radius 2 is 2.00 bits per heavy atom. The van der Waals surface area contributed by atoms with Gasteiger partial charge in [-0.1, -0.05) is 13.8 Å². The lowest BCUT2D eigenvalue weighted by molar-refractivity contribution is 0.101. The van der Waals surface area contributed by atoms with Crippen molar-refractivity contribution in [3.05, 3.63) is 0 Å². The highest BCUT2D eigenvalue weighted by Crippen LogP contribution is 2.27. The van der Waals surface area contributed by atoms with Gasteiger partial charge < -0.3 is 9.47 Å². The molecule has 1 fully saturated rings. The molecular formula is C8H12Cl2O3. The lowest BCUT2D eigenvalue weighted by Gasteiger charge is -2.18. The molecule has 1 heterocycles. The maximum Gasteiger partial charge on any atom is 0.509 e. The van der Waals surface area contributed by atoms with Gasteiger partial charge in [-0.3, -0.25) is 0 Å². The predicted molar refractivity (Wildman–Crippen MR) is 50.1 cm³/mol. The largest absolute Gasteiger partial charge is 0.509 e. The lowest BCUT2D eigenvalue weighted by atomic mass is 10.0. The highest BCUT2D eigenvalue weighted by Gasteiger charge is 2.39. The van der Waals surface area contributed by atoms with Crippen LogP contribution in [0.25, 0.3) is 0 Å². The van der Waals surface area contributed by atoms with Crippen molar-refractivity contribution < 1.29 is 14.3 Å². The van der Waals surface area contributed by atoms with E-state index >= 15 is 0 Å². The summed E-state index contributed by atoms with van der Waals surface area (Å²) in [6.07, 6.45) is -0.754. The second-order valence-corrected chi connectivity index (χ2v) is 4.64. The van der Waals surface area contributed by atoms with Crippen LogP contribution in [0.2, 0.25) is 0 Å². The molecule has 0 aliphatic carbocycles. The molecular weight excluding hydrogens is 215 g/mol. The summed E-state index contributed by atoms with van der Waals surface area (Å²) in [5.74, 6) is 0.212. The van der Waals surface area contributed by atoms with E-state index < -0.39 is 11.0 Å². The van der Waals surface area contributed by atoms with Gasteiger partial charge in [-0.2, -0.15) is 0 Å². The first kappa shape index (κ1) is 10.9. The topological polar surface area (TPSA) is 35.5 Å². The van der Waals surface area contributed by atoms with E-state index in [1.54, 1.807) is 0 Å². The molecule has 0 amide bonds. The Labute approximate surface area is 87.3 Å². The fraction of sp³-hybridized carbons (Fsp3) is 0.875. The number of ether oxygens (including phenoxy) is 2. The first-order chi connectivity index (χ1) is 6.00. The number of carbonyl (C=O) groups excluding carboxylic acids is 1. The van der Waals surface area contributed by atoms with Gasteiger partial charge in [0.05, 0.1) is 0 Å². The standard InChI is InChI=1S/C8H12Cl2O3/c1-4(2)7-5(3-6(9)10)12-8(11)13-7/h4-7H,3H2,1-2H3/t5-,7-/m0/s1. The molecule has 3 nitrogen and oxygen atoms in total. The second kappa shape index (κ2) is 4.38. The fourth-order valence-corrected chi connectivity index (χ4v) is 1.68. The van der Waals surface area contributed by atoms with E-state index in [0.717, 1.165) is 0 Å². The van der Waals surface area contributed by atoms with Crippen LogP contribution < -0.4 is 0 Å². The minimum Gasteiger partial charge on any atom is -0.427 e. The Hall–Kier alpha value is -0.150. The number of hydrogen-bond donors (Lipinski definition) is 0. The first-order valence-corrected chi connectivity index (χ1v) is 5.03. The Kier molecular flexibility index (Phi) is 3.68. The number of carbonyl (C=O) groups is 1. The van der Waals surface area contributed by atoms with Crippen molar-refractivity contribution in [2.24, 2.45) is 5.92 Å². The van der Waals surface area contributed by atoms with Crippen LogP contribution in [0.3, 0.4) is 0 Å². The van der Waals surface area contributed by atoms with Crippen molar-refractivity contribution >= 4 is 29.4 Å². The summed E-state index contributed by atoms with van der Waals surface area (Å²) in [4.78, 5) is 10.3. The number of rotatable bonds is 3. The molecule has 0 bridgehead atoms. The van der Waals surface area contributed by atoms with E-state index in [2.05, 4.69) is 0 Å². The van der Waals surface area contributed by atoms with Gasteiger partial charge in [0.1, 0.15) is 17.0 Å². The van der Waals surface area contributed by atoms with E-state index in [0.29, 0.717) is 6.42 Å². The van der Waals surface area contributed by atoms with Gasteiger partial charge in [-0.25, -0.2) is 4.79 Å². The third-order valence-corrected chi connectivity index (χ3v) is 2.27. The summed E-state index contributed by atoms with van der Waals surface area (Å²) in [6.45, 7) is 3.91. The summed E-state index contributed by atoms with van der Waals surface area (Å²) in [5.41, 5.74) is 0. The normalized spacial score (nSPS) is 28.0. The Morgan fingerprint density at radius 1 is 1.38 bits per heavy atom. The van der Waals surface area contributed by atoms with E-state index in [1.165, 1.54) is 0 Å². The molecule has 1 aliphatic heterocycles. The van der Waals surface area contributed by atoms with E-state index in [9.17, 15) is 4.79 Å². The summed E-state index contributed by atoms with van der Waals surface area (Å²) in [6, 6.07) is 0. The molecule has 0 unspecified atom stereocenters. The minimum atomic E-state index is -0.627. The van der Waals surface area contributed by atoms with E-state index in [4.69, 9.17) is 32.7 Å². The summed E-state index contributed by atoms with van der Waals surface area (Å²) < 4.78 is 9.87. The van der Waals surface area contributed by atoms with Crippen molar-refractivity contribution in [3.8, 4) is 0 Å². The third-order valence-electron chi connectivity index (χ3n) is 1.91. The average Bonchev–Trinajstić information content (AvgIpc) is 2.29. The van der Waals surface area contributed by atoms with Gasteiger partial charge in [0.15, 0.2) is 0 Å². The van der Waals surface area contributed by atoms with Gasteiger partial charge in [0.25, 0.3) is 0 Å². The molecule has 2 atom stereocenters. The Balaban J connectivity index is 2.55. The van der Waals surface area contributed by atoms with Crippen molar-refractivity contribution in [2.45, 2.75) is 37.3 Å². The SMILES string of the molecule is CC(C)[C@@H]1OC(=O)O[C@H]1CC(Cl)Cl. The molecule has 13 heavy (non-hydrogen) atoms. The summed E-state index contributed by atoms with van der Waals surface area (Å²) in [7, 11) is 0. The third kappa shape index (κ3) is 2.92. The van der Waals surface area contributed by atoms with Crippen molar-refractivity contribution in [3.63, 3.8) is 0 Å². The number of hydrogen-bond acceptors (Lipinski definition) is 3. The molecule has 0 saturated carbocycles. The minimum absolute atomic E-state index is 0.212. The van der Waals surface area contributed by atoms with Gasteiger partial charge in [-0.05, 0) is 5.92 Å². The average molecular weight is 227 g/mol. The zero-order chi connectivity index (χ0) is 10.0. The molecule has 76 valence electrons. The van der Waals surface area contributed by atoms with Gasteiger partial charge in [0.2, 0.25) is 0 Å². The zero-order valence-corrected chi connectivity index (χ0v) is 9.01. The maximum absolute atomic E-state index is 10.8. The molecule has 0 radical (unpaired) electrons. The van der Waals surface area contributed by atoms with Crippen LogP contribution in [0, 0.1) is 5.92 Å². The summed E-state index contributed by atoms with van der Waals surface area (Å²) in [5, 5.41) is 0. The molecule has 1 aliphatic rings. The van der Waals surface area contributed by atoms with E-state index in [1.807, 2.05) is 13.8 Å². The molecule has 0 N–H and O–H groups in total. The Morgan fingerprint density at radius 3 is 2.46 bits per heavy atom. The van der Waals surface area contributed by atoms with Crippen LogP contribution in [0.5, 0.6) is 0 Å². The van der Waals surface area contributed by atoms with Gasteiger partial charge in [0, 0.05) is 6.42 Å². The van der Waals surface area contributed by atoms with Gasteiger partial charge in [-0.15, -0.1) is 23.2 Å². The molecule has 0 aromatic rings. The molecule has 1 rings (SSSR count). The van der Waals surface area contributed by atoms with Gasteiger partial charge >= 0.3 is 6.16 Å². The summed E-state index contributed by atoms with van der Waals surface area (Å²) >= 11 is 11.2. The zero-order valence-electron chi connectivity index (χ0n) is 7.50. The van der Waals surface area contributed by atoms with Crippen LogP contribution in [0.1, 0.15) is 20.3 Å². The molecule has 1 saturated heterocycles. The van der Waals surface area contributed by atoms with Crippen LogP contribution in [0.15, 0.2) is 0 Å². The first-order valence-electron chi connectivity index (χ1n) is 4.16. The lowest BCUT2D eigenvalue weighted by Crippen LogP contribution is -2.29. The van der Waals surface area contributed by atoms with Crippen LogP contribution in [0.4, 0.5) is 4.79 Å². The molecule has 0 aromatic carbocycles.